The van der Waals surface area contributed by atoms with E-state index in [2.05, 4.69) is 22.3 Å². The lowest BCUT2D eigenvalue weighted by molar-refractivity contribution is -0.135. The molecule has 1 atom stereocenters. The molecule has 0 aliphatic carbocycles. The van der Waals surface area contributed by atoms with Gasteiger partial charge in [0.05, 0.1) is 6.54 Å². The Labute approximate surface area is 224 Å². The fourth-order valence-corrected chi connectivity index (χ4v) is 5.82. The topological polar surface area (TPSA) is 82.2 Å². The zero-order valence-corrected chi connectivity index (χ0v) is 22.3. The number of nitrogens with one attached hydrogen (secondary N) is 1. The molecule has 3 heterocycles. The van der Waals surface area contributed by atoms with Gasteiger partial charge in [0.25, 0.3) is 5.91 Å². The summed E-state index contributed by atoms with van der Waals surface area (Å²) in [6.45, 7) is 5.19. The van der Waals surface area contributed by atoms with Crippen LogP contribution in [0.1, 0.15) is 60.0 Å². The lowest BCUT2D eigenvalue weighted by Gasteiger charge is -2.36. The fraction of sp³-hybridized carbons (Fsp3) is 0.500. The molecule has 4 amide bonds. The van der Waals surface area contributed by atoms with Crippen molar-refractivity contribution in [2.75, 3.05) is 44.2 Å². The molecule has 0 saturated carbocycles. The number of benzene rings is 2. The molecular formula is C30H38N4O4. The van der Waals surface area contributed by atoms with Gasteiger partial charge in [-0.1, -0.05) is 18.2 Å². The van der Waals surface area contributed by atoms with Gasteiger partial charge in [-0.2, -0.15) is 0 Å². The Morgan fingerprint density at radius 2 is 1.84 bits per heavy atom. The highest BCUT2D eigenvalue weighted by Gasteiger charge is 2.28. The molecule has 202 valence electrons. The van der Waals surface area contributed by atoms with Crippen LogP contribution in [-0.2, 0) is 11.2 Å². The first-order valence-electron chi connectivity index (χ1n) is 14.0. The molecule has 3 aliphatic rings. The average molecular weight is 519 g/mol. The maximum absolute atomic E-state index is 13.7. The SMILES string of the molecule is Cc1ccc(C(=O)N2CCCC(=O)N3CCCCC3CCc3cccc(c3)OCC2)cc1N1CCNC1=O. The number of amides is 4. The van der Waals surface area contributed by atoms with Gasteiger partial charge in [-0.25, -0.2) is 4.79 Å². The Morgan fingerprint density at radius 3 is 2.68 bits per heavy atom. The van der Waals surface area contributed by atoms with E-state index in [4.69, 9.17) is 4.74 Å². The van der Waals surface area contributed by atoms with Crippen molar-refractivity contribution < 1.29 is 19.1 Å². The summed E-state index contributed by atoms with van der Waals surface area (Å²) in [6.07, 6.45) is 6.19. The third-order valence-electron chi connectivity index (χ3n) is 7.95. The number of rotatable bonds is 2. The normalized spacial score (nSPS) is 21.2. The monoisotopic (exact) mass is 518 g/mol. The standard InChI is InChI=1S/C30H38N4O4/c1-22-10-12-24(21-27(22)34-17-14-31-30(34)37)29(36)32-15-5-9-28(35)33-16-3-2-7-25(33)13-11-23-6-4-8-26(20-23)38-19-18-32/h4,6,8,10,12,20-21,25H,2-3,5,7,9,11,13-19H2,1H3,(H,31,37). The molecule has 0 spiro atoms. The summed E-state index contributed by atoms with van der Waals surface area (Å²) in [6, 6.07) is 13.8. The van der Waals surface area contributed by atoms with Crippen molar-refractivity contribution in [3.63, 3.8) is 0 Å². The average Bonchev–Trinajstić information content (AvgIpc) is 3.36. The highest BCUT2D eigenvalue weighted by Crippen LogP contribution is 2.26. The molecule has 0 radical (unpaired) electrons. The summed E-state index contributed by atoms with van der Waals surface area (Å²) in [7, 11) is 0. The van der Waals surface area contributed by atoms with Gasteiger partial charge in [-0.05, 0) is 80.8 Å². The third-order valence-corrected chi connectivity index (χ3v) is 7.95. The summed E-state index contributed by atoms with van der Waals surface area (Å²) in [5, 5.41) is 2.83. The van der Waals surface area contributed by atoms with Crippen molar-refractivity contribution in [1.29, 1.82) is 0 Å². The van der Waals surface area contributed by atoms with E-state index < -0.39 is 0 Å². The van der Waals surface area contributed by atoms with Gasteiger partial charge in [-0.15, -0.1) is 0 Å². The van der Waals surface area contributed by atoms with E-state index in [0.29, 0.717) is 51.2 Å². The number of nitrogens with zero attached hydrogens (tertiary/aromatic N) is 3. The Bertz CT molecular complexity index is 1180. The van der Waals surface area contributed by atoms with Gasteiger partial charge in [0.15, 0.2) is 0 Å². The number of urea groups is 1. The zero-order chi connectivity index (χ0) is 26.5. The van der Waals surface area contributed by atoms with Crippen LogP contribution >= 0.6 is 0 Å². The minimum Gasteiger partial charge on any atom is -0.492 e. The van der Waals surface area contributed by atoms with Crippen LogP contribution in [0.5, 0.6) is 5.75 Å². The minimum absolute atomic E-state index is 0.115. The van der Waals surface area contributed by atoms with Crippen LogP contribution in [0, 0.1) is 6.92 Å². The summed E-state index contributed by atoms with van der Waals surface area (Å²) >= 11 is 0. The lowest BCUT2D eigenvalue weighted by Crippen LogP contribution is -2.44. The molecule has 8 nitrogen and oxygen atoms in total. The smallest absolute Gasteiger partial charge is 0.322 e. The van der Waals surface area contributed by atoms with Gasteiger partial charge < -0.3 is 19.9 Å². The molecule has 1 unspecified atom stereocenters. The number of piperidine rings is 1. The summed E-state index contributed by atoms with van der Waals surface area (Å²) < 4.78 is 6.07. The van der Waals surface area contributed by atoms with Crippen molar-refractivity contribution in [2.45, 2.75) is 57.9 Å². The largest absolute Gasteiger partial charge is 0.492 e. The van der Waals surface area contributed by atoms with Gasteiger partial charge in [0.1, 0.15) is 12.4 Å². The second-order valence-corrected chi connectivity index (χ2v) is 10.6. The molecule has 2 fully saturated rings. The van der Waals surface area contributed by atoms with E-state index in [-0.39, 0.29) is 23.9 Å². The van der Waals surface area contributed by atoms with E-state index >= 15 is 0 Å². The molecule has 1 N–H and O–H groups in total. The molecule has 2 aromatic rings. The molecular weight excluding hydrogens is 480 g/mol. The maximum Gasteiger partial charge on any atom is 0.322 e. The summed E-state index contributed by atoms with van der Waals surface area (Å²) in [5.41, 5.74) is 3.44. The van der Waals surface area contributed by atoms with Crippen LogP contribution in [0.25, 0.3) is 0 Å². The van der Waals surface area contributed by atoms with Crippen LogP contribution in [0.2, 0.25) is 0 Å². The first-order chi connectivity index (χ1) is 18.5. The minimum atomic E-state index is -0.142. The Balaban J connectivity index is 1.36. The van der Waals surface area contributed by atoms with Gasteiger partial charge in [0.2, 0.25) is 5.91 Å². The van der Waals surface area contributed by atoms with Gasteiger partial charge >= 0.3 is 6.03 Å². The molecule has 38 heavy (non-hydrogen) atoms. The zero-order valence-electron chi connectivity index (χ0n) is 22.3. The van der Waals surface area contributed by atoms with Gasteiger partial charge in [-0.3, -0.25) is 14.5 Å². The first kappa shape index (κ1) is 26.1. The Hall–Kier alpha value is -3.55. The highest BCUT2D eigenvalue weighted by atomic mass is 16.5. The number of carbonyl (C=O) groups excluding carboxylic acids is 3. The summed E-state index contributed by atoms with van der Waals surface area (Å²) in [4.78, 5) is 44.7. The van der Waals surface area contributed by atoms with Crippen LogP contribution in [0.4, 0.5) is 10.5 Å². The number of anilines is 1. The Morgan fingerprint density at radius 1 is 0.947 bits per heavy atom. The number of ether oxygens (including phenoxy) is 1. The fourth-order valence-electron chi connectivity index (χ4n) is 5.82. The second kappa shape index (κ2) is 11.9. The number of hydrogen-bond acceptors (Lipinski definition) is 4. The van der Waals surface area contributed by atoms with Crippen LogP contribution in [0.3, 0.4) is 0 Å². The molecule has 0 aromatic heterocycles. The Kier molecular flexibility index (Phi) is 8.15. The highest BCUT2D eigenvalue weighted by molar-refractivity contribution is 5.99. The quantitative estimate of drug-likeness (QED) is 0.648. The number of carbonyl (C=O) groups is 3. The van der Waals surface area contributed by atoms with E-state index in [1.165, 1.54) is 5.56 Å². The molecule has 2 aromatic carbocycles. The van der Waals surface area contributed by atoms with Crippen LogP contribution in [0.15, 0.2) is 42.5 Å². The van der Waals surface area contributed by atoms with Gasteiger partial charge in [0, 0.05) is 49.9 Å². The molecule has 5 rings (SSSR count). The lowest BCUT2D eigenvalue weighted by atomic mass is 9.95. The van der Waals surface area contributed by atoms with Crippen molar-refractivity contribution in [2.24, 2.45) is 0 Å². The second-order valence-electron chi connectivity index (χ2n) is 10.6. The van der Waals surface area contributed by atoms with Crippen molar-refractivity contribution >= 4 is 23.5 Å². The third kappa shape index (κ3) is 5.95. The van der Waals surface area contributed by atoms with E-state index in [0.717, 1.165) is 55.6 Å². The number of fused-ring (bicyclic) bond motifs is 3. The van der Waals surface area contributed by atoms with Crippen molar-refractivity contribution in [3.05, 3.63) is 59.2 Å². The number of hydrogen-bond donors (Lipinski definition) is 1. The molecule has 2 saturated heterocycles. The molecule has 3 aliphatic heterocycles. The van der Waals surface area contributed by atoms with Crippen LogP contribution in [-0.4, -0.2) is 73.0 Å². The predicted molar refractivity (Wildman–Crippen MR) is 147 cm³/mol. The maximum atomic E-state index is 13.7. The molecule has 8 heteroatoms. The van der Waals surface area contributed by atoms with Crippen molar-refractivity contribution in [3.8, 4) is 5.75 Å². The van der Waals surface area contributed by atoms with Crippen molar-refractivity contribution in [1.82, 2.24) is 15.1 Å². The predicted octanol–water partition coefficient (Wildman–Crippen LogP) is 4.15. The molecule has 2 bridgehead atoms. The van der Waals surface area contributed by atoms with Crippen LogP contribution < -0.4 is 15.0 Å². The summed E-state index contributed by atoms with van der Waals surface area (Å²) in [5.74, 6) is 0.884. The first-order valence-corrected chi connectivity index (χ1v) is 14.0. The van der Waals surface area contributed by atoms with E-state index in [9.17, 15) is 14.4 Å². The van der Waals surface area contributed by atoms with E-state index in [1.807, 2.05) is 37.3 Å². The number of aryl methyl sites for hydroxylation is 2. The van der Waals surface area contributed by atoms with E-state index in [1.54, 1.807) is 9.80 Å².